The summed E-state index contributed by atoms with van der Waals surface area (Å²) in [7, 11) is 0. The van der Waals surface area contributed by atoms with E-state index >= 15 is 0 Å². The van der Waals surface area contributed by atoms with Crippen molar-refractivity contribution in [3.8, 4) is 11.5 Å². The molecule has 0 aliphatic heterocycles. The van der Waals surface area contributed by atoms with Gasteiger partial charge < -0.3 is 19.3 Å². The van der Waals surface area contributed by atoms with Crippen LogP contribution in [0.2, 0.25) is 0 Å². The van der Waals surface area contributed by atoms with E-state index in [1.54, 1.807) is 42.5 Å². The Kier molecular flexibility index (Phi) is 9.02. The van der Waals surface area contributed by atoms with E-state index in [0.29, 0.717) is 17.4 Å². The van der Waals surface area contributed by atoms with Crippen molar-refractivity contribution in [2.45, 2.75) is 40.2 Å². The van der Waals surface area contributed by atoms with E-state index in [0.717, 1.165) is 0 Å². The maximum atomic E-state index is 11.7. The largest absolute Gasteiger partial charge is 0.514 e. The Hall–Kier alpha value is -3.02. The molecule has 6 nitrogen and oxygen atoms in total. The third-order valence-corrected chi connectivity index (χ3v) is 4.34. The Morgan fingerprint density at radius 1 is 0.821 bits per heavy atom. The molecule has 0 fully saturated rings. The molecule has 0 heterocycles. The van der Waals surface area contributed by atoms with E-state index in [2.05, 4.69) is 25.5 Å². The monoisotopic (exact) mass is 388 g/mol. The summed E-state index contributed by atoms with van der Waals surface area (Å²) in [5, 5.41) is 8.14. The van der Waals surface area contributed by atoms with Crippen LogP contribution in [0.25, 0.3) is 0 Å². The molecule has 0 radical (unpaired) electrons. The molecular formula is C22H28O6. The summed E-state index contributed by atoms with van der Waals surface area (Å²) < 4.78 is 14.9. The Morgan fingerprint density at radius 2 is 1.25 bits per heavy atom. The van der Waals surface area contributed by atoms with Crippen molar-refractivity contribution in [3.63, 3.8) is 0 Å². The fourth-order valence-electron chi connectivity index (χ4n) is 2.31. The zero-order valence-corrected chi connectivity index (χ0v) is 16.9. The van der Waals surface area contributed by atoms with Crippen molar-refractivity contribution in [1.82, 2.24) is 0 Å². The molecular weight excluding hydrogens is 360 g/mol. The van der Waals surface area contributed by atoms with Gasteiger partial charge in [-0.15, -0.1) is 0 Å². The van der Waals surface area contributed by atoms with Crippen molar-refractivity contribution < 1.29 is 28.9 Å². The van der Waals surface area contributed by atoms with E-state index in [1.807, 2.05) is 32.0 Å². The van der Waals surface area contributed by atoms with Gasteiger partial charge in [-0.1, -0.05) is 57.2 Å². The Labute approximate surface area is 166 Å². The average molecular weight is 388 g/mol. The molecule has 2 aromatic carbocycles. The minimum Gasteiger partial charge on any atom is -0.449 e. The number of benzene rings is 2. The Balaban J connectivity index is 0.000000330. The first-order chi connectivity index (χ1) is 13.1. The third-order valence-electron chi connectivity index (χ3n) is 4.34. The second-order valence-electron chi connectivity index (χ2n) is 7.08. The highest BCUT2D eigenvalue weighted by atomic mass is 16.7. The molecule has 0 aromatic heterocycles. The van der Waals surface area contributed by atoms with Crippen LogP contribution < -0.4 is 9.47 Å². The van der Waals surface area contributed by atoms with Gasteiger partial charge in [0.2, 0.25) is 0 Å². The first-order valence-corrected chi connectivity index (χ1v) is 9.03. The Bertz CT molecular complexity index is 725. The van der Waals surface area contributed by atoms with Crippen LogP contribution in [0.15, 0.2) is 60.7 Å². The zero-order chi connectivity index (χ0) is 21.2. The van der Waals surface area contributed by atoms with Crippen molar-refractivity contribution in [1.29, 1.82) is 0 Å². The quantitative estimate of drug-likeness (QED) is 0.498. The summed E-state index contributed by atoms with van der Waals surface area (Å²) in [4.78, 5) is 21.7. The second kappa shape index (κ2) is 11.0. The fourth-order valence-corrected chi connectivity index (χ4v) is 2.31. The van der Waals surface area contributed by atoms with Crippen LogP contribution in [0.1, 0.15) is 34.6 Å². The zero-order valence-electron chi connectivity index (χ0n) is 16.9. The molecule has 1 N–H and O–H groups in total. The summed E-state index contributed by atoms with van der Waals surface area (Å²) in [6.45, 7) is 10.1. The topological polar surface area (TPSA) is 82.1 Å². The van der Waals surface area contributed by atoms with Gasteiger partial charge in [0.05, 0.1) is 0 Å². The van der Waals surface area contributed by atoms with Gasteiger partial charge in [0.25, 0.3) is 0 Å². The van der Waals surface area contributed by atoms with Gasteiger partial charge >= 0.3 is 12.3 Å². The van der Waals surface area contributed by atoms with Crippen molar-refractivity contribution >= 4 is 12.3 Å². The molecule has 1 unspecified atom stereocenters. The normalized spacial score (nSPS) is 11.6. The van der Waals surface area contributed by atoms with Crippen LogP contribution >= 0.6 is 0 Å². The second-order valence-corrected chi connectivity index (χ2v) is 7.08. The smallest absolute Gasteiger partial charge is 0.449 e. The minimum atomic E-state index is -1.29. The first kappa shape index (κ1) is 23.0. The summed E-state index contributed by atoms with van der Waals surface area (Å²) >= 11 is 0. The van der Waals surface area contributed by atoms with Gasteiger partial charge in [0.15, 0.2) is 0 Å². The average Bonchev–Trinajstić information content (AvgIpc) is 2.62. The molecule has 6 heteroatoms. The number of carbonyl (C=O) groups is 2. The lowest BCUT2D eigenvalue weighted by Crippen LogP contribution is -2.38. The van der Waals surface area contributed by atoms with Crippen molar-refractivity contribution in [3.05, 3.63) is 60.7 Å². The first-order valence-electron chi connectivity index (χ1n) is 9.03. The van der Waals surface area contributed by atoms with Crippen LogP contribution in [-0.4, -0.2) is 23.0 Å². The van der Waals surface area contributed by atoms with E-state index in [4.69, 9.17) is 14.6 Å². The lowest BCUT2D eigenvalue weighted by atomic mass is 9.83. The molecule has 152 valence electrons. The number of rotatable bonds is 5. The highest BCUT2D eigenvalue weighted by Gasteiger charge is 2.32. The molecule has 28 heavy (non-hydrogen) atoms. The summed E-state index contributed by atoms with van der Waals surface area (Å²) in [5.41, 5.74) is -0.542. The predicted molar refractivity (Wildman–Crippen MR) is 107 cm³/mol. The lowest BCUT2D eigenvalue weighted by Gasteiger charge is -2.33. The summed E-state index contributed by atoms with van der Waals surface area (Å²) in [5.74, 6) is 1.52. The molecule has 2 aromatic rings. The molecule has 0 saturated carbocycles. The summed E-state index contributed by atoms with van der Waals surface area (Å²) in [6, 6.07) is 17.3. The van der Waals surface area contributed by atoms with E-state index in [1.165, 1.54) is 0 Å². The maximum absolute atomic E-state index is 11.7. The van der Waals surface area contributed by atoms with Crippen molar-refractivity contribution in [2.24, 2.45) is 11.8 Å². The lowest BCUT2D eigenvalue weighted by molar-refractivity contribution is -0.0357. The molecule has 0 aliphatic rings. The molecule has 0 spiro atoms. The number of ether oxygens (including phenoxy) is 3. The van der Waals surface area contributed by atoms with Crippen LogP contribution in [-0.2, 0) is 4.74 Å². The number of carboxylic acid groups (broad SMARTS) is 1. The van der Waals surface area contributed by atoms with Gasteiger partial charge in [0.1, 0.15) is 17.1 Å². The van der Waals surface area contributed by atoms with Gasteiger partial charge in [0, 0.05) is 0 Å². The number of hydrogen-bond acceptors (Lipinski definition) is 5. The third kappa shape index (κ3) is 8.58. The maximum Gasteiger partial charge on any atom is 0.514 e. The number of hydrogen-bond donors (Lipinski definition) is 1. The standard InChI is InChI=1S/C15H22O3.C7H6O3/c1-11(2)12(3)15(4,5)18-14(16)17-13-9-7-6-8-10-13;8-7(9)10-6-4-2-1-3-5-6/h6-12H,1-5H3;1-5H,(H,8,9). The molecule has 0 aliphatic carbocycles. The van der Waals surface area contributed by atoms with Crippen LogP contribution in [0, 0.1) is 11.8 Å². The van der Waals surface area contributed by atoms with E-state index in [-0.39, 0.29) is 5.92 Å². The highest BCUT2D eigenvalue weighted by molar-refractivity contribution is 5.64. The van der Waals surface area contributed by atoms with Gasteiger partial charge in [-0.25, -0.2) is 9.59 Å². The van der Waals surface area contributed by atoms with Gasteiger partial charge in [-0.05, 0) is 49.9 Å². The molecule has 0 saturated heterocycles. The highest BCUT2D eigenvalue weighted by Crippen LogP contribution is 2.28. The number of para-hydroxylation sites is 2. The minimum absolute atomic E-state index is 0.251. The number of carbonyl (C=O) groups excluding carboxylic acids is 1. The van der Waals surface area contributed by atoms with E-state index in [9.17, 15) is 9.59 Å². The molecule has 0 amide bonds. The SMILES string of the molecule is CC(C)C(C)C(C)(C)OC(=O)Oc1ccccc1.O=C(O)Oc1ccccc1. The van der Waals surface area contributed by atoms with Crippen LogP contribution in [0.5, 0.6) is 11.5 Å². The van der Waals surface area contributed by atoms with Crippen molar-refractivity contribution in [2.75, 3.05) is 0 Å². The van der Waals surface area contributed by atoms with Gasteiger partial charge in [-0.2, -0.15) is 0 Å². The van der Waals surface area contributed by atoms with Gasteiger partial charge in [-0.3, -0.25) is 0 Å². The molecule has 1 atom stereocenters. The summed E-state index contributed by atoms with van der Waals surface area (Å²) in [6.07, 6.45) is -1.94. The molecule has 0 bridgehead atoms. The molecule has 2 rings (SSSR count). The van der Waals surface area contributed by atoms with E-state index < -0.39 is 17.9 Å². The Morgan fingerprint density at radius 3 is 1.64 bits per heavy atom. The van der Waals surface area contributed by atoms with Crippen LogP contribution in [0.4, 0.5) is 9.59 Å². The fraction of sp³-hybridized carbons (Fsp3) is 0.364. The van der Waals surface area contributed by atoms with Crippen LogP contribution in [0.3, 0.4) is 0 Å². The predicted octanol–water partition coefficient (Wildman–Crippen LogP) is 6.02.